The Morgan fingerprint density at radius 3 is 2.08 bits per heavy atom. The number of carbonyl (C=O) groups is 1. The first kappa shape index (κ1) is 27.1. The Balaban J connectivity index is 1.33. The van der Waals surface area contributed by atoms with E-state index in [9.17, 15) is 23.8 Å². The summed E-state index contributed by atoms with van der Waals surface area (Å²) in [6, 6.07) is 10.4. The fourth-order valence-corrected chi connectivity index (χ4v) is 6.09. The lowest BCUT2D eigenvalue weighted by Gasteiger charge is -2.54. The van der Waals surface area contributed by atoms with Crippen LogP contribution in [-0.2, 0) is 16.9 Å². The van der Waals surface area contributed by atoms with Gasteiger partial charge in [0.15, 0.2) is 0 Å². The Bertz CT molecular complexity index is 1320. The molecule has 3 aliphatic carbocycles. The minimum absolute atomic E-state index is 0.0844. The zero-order valence-electron chi connectivity index (χ0n) is 22.5. The van der Waals surface area contributed by atoms with Gasteiger partial charge in [-0.05, 0) is 88.1 Å². The van der Waals surface area contributed by atoms with Crippen molar-refractivity contribution >= 4 is 11.9 Å². The molecular weight excluding hydrogens is 502 g/mol. The molecule has 7 nitrogen and oxygen atoms in total. The van der Waals surface area contributed by atoms with E-state index in [-0.39, 0.29) is 16.4 Å². The summed E-state index contributed by atoms with van der Waals surface area (Å²) in [6.45, 7) is 4.60. The lowest BCUT2D eigenvalue weighted by molar-refractivity contribution is 0.0166. The SMILES string of the molecule is CC(C)(O)c1ccc(-c2ccnc(N(CC34CCC(c5ccc(C(C)(F)F)cn5)(CC3)CC4)C(=O)O)c2)nc1. The van der Waals surface area contributed by atoms with Gasteiger partial charge in [-0.1, -0.05) is 6.07 Å². The predicted octanol–water partition coefficient (Wildman–Crippen LogP) is 6.65. The lowest BCUT2D eigenvalue weighted by Crippen LogP contribution is -2.50. The predicted molar refractivity (Wildman–Crippen MR) is 144 cm³/mol. The Kier molecular flexibility index (Phi) is 6.69. The molecule has 206 valence electrons. The second kappa shape index (κ2) is 9.62. The largest absolute Gasteiger partial charge is 0.465 e. The second-order valence-corrected chi connectivity index (χ2v) is 11.9. The lowest BCUT2D eigenvalue weighted by atomic mass is 9.52. The fourth-order valence-electron chi connectivity index (χ4n) is 6.09. The van der Waals surface area contributed by atoms with E-state index < -0.39 is 17.6 Å². The first-order valence-electron chi connectivity index (χ1n) is 13.3. The van der Waals surface area contributed by atoms with Crippen molar-refractivity contribution in [2.75, 3.05) is 11.4 Å². The van der Waals surface area contributed by atoms with Crippen molar-refractivity contribution in [2.24, 2.45) is 5.41 Å². The zero-order chi connectivity index (χ0) is 28.1. The Hall–Kier alpha value is -3.46. The van der Waals surface area contributed by atoms with E-state index in [0.717, 1.165) is 56.7 Å². The summed E-state index contributed by atoms with van der Waals surface area (Å²) in [5.74, 6) is -2.57. The Morgan fingerprint density at radius 1 is 0.923 bits per heavy atom. The molecule has 1 amide bonds. The van der Waals surface area contributed by atoms with Crippen LogP contribution in [0.4, 0.5) is 19.4 Å². The van der Waals surface area contributed by atoms with E-state index in [1.165, 1.54) is 17.2 Å². The summed E-state index contributed by atoms with van der Waals surface area (Å²) < 4.78 is 27.3. The monoisotopic (exact) mass is 536 g/mol. The molecule has 0 saturated heterocycles. The highest BCUT2D eigenvalue weighted by atomic mass is 19.3. The summed E-state index contributed by atoms with van der Waals surface area (Å²) in [6.07, 6.45) is 8.50. The molecule has 2 bridgehead atoms. The molecule has 2 N–H and O–H groups in total. The average Bonchev–Trinajstić information content (AvgIpc) is 2.92. The minimum atomic E-state index is -2.92. The van der Waals surface area contributed by atoms with Crippen LogP contribution in [0.25, 0.3) is 11.3 Å². The highest BCUT2D eigenvalue weighted by Gasteiger charge is 2.51. The van der Waals surface area contributed by atoms with Crippen LogP contribution < -0.4 is 4.90 Å². The van der Waals surface area contributed by atoms with Crippen LogP contribution in [0.3, 0.4) is 0 Å². The van der Waals surface area contributed by atoms with Crippen molar-refractivity contribution in [2.45, 2.75) is 76.2 Å². The topological polar surface area (TPSA) is 99.4 Å². The van der Waals surface area contributed by atoms with Crippen LogP contribution in [0.5, 0.6) is 0 Å². The van der Waals surface area contributed by atoms with Gasteiger partial charge in [0.05, 0.1) is 11.3 Å². The number of halogens is 2. The molecule has 3 aromatic rings. The molecule has 6 rings (SSSR count). The molecule has 0 atom stereocenters. The number of fused-ring (bicyclic) bond motifs is 3. The van der Waals surface area contributed by atoms with Crippen LogP contribution in [0, 0.1) is 5.41 Å². The van der Waals surface area contributed by atoms with E-state index >= 15 is 0 Å². The summed E-state index contributed by atoms with van der Waals surface area (Å²) >= 11 is 0. The van der Waals surface area contributed by atoms with E-state index in [1.54, 1.807) is 50.5 Å². The molecule has 3 fully saturated rings. The van der Waals surface area contributed by atoms with Crippen molar-refractivity contribution in [1.29, 1.82) is 0 Å². The number of pyridine rings is 3. The number of rotatable bonds is 7. The molecule has 0 spiro atoms. The molecule has 0 aliphatic heterocycles. The first-order valence-corrected chi connectivity index (χ1v) is 13.3. The average molecular weight is 537 g/mol. The van der Waals surface area contributed by atoms with Crippen LogP contribution in [0.2, 0.25) is 0 Å². The number of hydrogen-bond donors (Lipinski definition) is 2. The maximum absolute atomic E-state index is 13.7. The molecule has 3 aliphatic rings. The summed E-state index contributed by atoms with van der Waals surface area (Å²) in [5.41, 5.74) is 1.55. The first-order chi connectivity index (χ1) is 18.3. The van der Waals surface area contributed by atoms with Crippen molar-refractivity contribution in [3.63, 3.8) is 0 Å². The summed E-state index contributed by atoms with van der Waals surface area (Å²) in [4.78, 5) is 27.0. The molecule has 3 saturated carbocycles. The van der Waals surface area contributed by atoms with Gasteiger partial charge in [0.1, 0.15) is 5.82 Å². The molecule has 3 aromatic heterocycles. The number of anilines is 1. The van der Waals surface area contributed by atoms with Gasteiger partial charge in [-0.25, -0.2) is 18.6 Å². The second-order valence-electron chi connectivity index (χ2n) is 11.9. The van der Waals surface area contributed by atoms with Crippen molar-refractivity contribution in [3.05, 3.63) is 71.8 Å². The van der Waals surface area contributed by atoms with Crippen molar-refractivity contribution < 1.29 is 23.8 Å². The van der Waals surface area contributed by atoms with E-state index in [1.807, 2.05) is 6.07 Å². The van der Waals surface area contributed by atoms with Gasteiger partial charge in [0.25, 0.3) is 5.92 Å². The van der Waals surface area contributed by atoms with Gasteiger partial charge >= 0.3 is 6.09 Å². The van der Waals surface area contributed by atoms with E-state index in [4.69, 9.17) is 0 Å². The molecule has 9 heteroatoms. The molecular formula is C30H34F2N4O3. The van der Waals surface area contributed by atoms with Crippen LogP contribution in [0.1, 0.15) is 76.1 Å². The smallest absolute Gasteiger partial charge is 0.413 e. The standard InChI is InChI=1S/C30H34F2N4O3/c1-27(2,39)21-4-6-23(34-17-21)20-8-15-33-25(16-20)36(26(37)38)19-29-9-12-30(13-10-29,14-11-29)24-7-5-22(18-35-24)28(3,31)32/h4-8,15-18,39H,9-14,19H2,1-3H3,(H,37,38). The van der Waals surface area contributed by atoms with Crippen LogP contribution in [0.15, 0.2) is 55.0 Å². The molecule has 39 heavy (non-hydrogen) atoms. The quantitative estimate of drug-likeness (QED) is 0.351. The summed E-state index contributed by atoms with van der Waals surface area (Å²) in [5, 5.41) is 20.4. The maximum atomic E-state index is 13.7. The highest BCUT2D eigenvalue weighted by Crippen LogP contribution is 2.57. The van der Waals surface area contributed by atoms with Gasteiger partial charge in [0.2, 0.25) is 0 Å². The fraction of sp³-hybridized carbons (Fsp3) is 0.467. The number of nitrogens with zero attached hydrogens (tertiary/aromatic N) is 4. The Labute approximate surface area is 227 Å². The van der Waals surface area contributed by atoms with Crippen molar-refractivity contribution in [1.82, 2.24) is 15.0 Å². The van der Waals surface area contributed by atoms with Gasteiger partial charge in [-0.2, -0.15) is 0 Å². The van der Waals surface area contributed by atoms with E-state index in [2.05, 4.69) is 15.0 Å². The maximum Gasteiger partial charge on any atom is 0.413 e. The normalized spacial score (nSPS) is 23.0. The number of alkyl halides is 2. The van der Waals surface area contributed by atoms with Crippen molar-refractivity contribution in [3.8, 4) is 11.3 Å². The van der Waals surface area contributed by atoms with Gasteiger partial charge in [-0.15, -0.1) is 0 Å². The third-order valence-corrected chi connectivity index (χ3v) is 8.73. The number of amides is 1. The third-order valence-electron chi connectivity index (χ3n) is 8.73. The highest BCUT2D eigenvalue weighted by molar-refractivity contribution is 5.85. The zero-order valence-corrected chi connectivity index (χ0v) is 22.5. The number of aromatic nitrogens is 3. The molecule has 0 radical (unpaired) electrons. The van der Waals surface area contributed by atoms with Gasteiger partial charge in [-0.3, -0.25) is 14.9 Å². The Morgan fingerprint density at radius 2 is 1.56 bits per heavy atom. The molecule has 3 heterocycles. The molecule has 0 aromatic carbocycles. The van der Waals surface area contributed by atoms with Gasteiger partial charge in [0, 0.05) is 59.9 Å². The third kappa shape index (κ3) is 5.37. The minimum Gasteiger partial charge on any atom is -0.465 e. The van der Waals surface area contributed by atoms with Crippen LogP contribution in [-0.4, -0.2) is 37.8 Å². The summed E-state index contributed by atoms with van der Waals surface area (Å²) in [7, 11) is 0. The van der Waals surface area contributed by atoms with Crippen LogP contribution >= 0.6 is 0 Å². The number of carboxylic acid groups (broad SMARTS) is 1. The number of hydrogen-bond acceptors (Lipinski definition) is 5. The van der Waals surface area contributed by atoms with E-state index in [0.29, 0.717) is 23.6 Å². The number of aliphatic hydroxyl groups is 1. The van der Waals surface area contributed by atoms with Gasteiger partial charge < -0.3 is 10.2 Å². The molecule has 0 unspecified atom stereocenters.